The summed E-state index contributed by atoms with van der Waals surface area (Å²) in [5, 5.41) is 6.54. The van der Waals surface area contributed by atoms with E-state index in [4.69, 9.17) is 10.3 Å². The Kier molecular flexibility index (Phi) is 3.55. The van der Waals surface area contributed by atoms with E-state index in [2.05, 4.69) is 15.3 Å². The van der Waals surface area contributed by atoms with Crippen molar-refractivity contribution in [1.82, 2.24) is 5.32 Å². The second-order valence-corrected chi connectivity index (χ2v) is 4.59. The van der Waals surface area contributed by atoms with Gasteiger partial charge >= 0.3 is 5.97 Å². The molecule has 6 nitrogen and oxygen atoms in total. The maximum atomic E-state index is 11.6. The van der Waals surface area contributed by atoms with Crippen molar-refractivity contribution in [3.05, 3.63) is 10.4 Å². The molecule has 2 atom stereocenters. The summed E-state index contributed by atoms with van der Waals surface area (Å²) in [6.07, 6.45) is 0.513. The third-order valence-corrected chi connectivity index (χ3v) is 2.01. The normalized spacial score (nSPS) is 25.8. The molecule has 0 saturated carbocycles. The third-order valence-electron chi connectivity index (χ3n) is 2.01. The largest absolute Gasteiger partial charge is 0.459 e. The minimum atomic E-state index is -0.477. The van der Waals surface area contributed by atoms with Crippen molar-refractivity contribution in [3.8, 4) is 0 Å². The second kappa shape index (κ2) is 4.51. The number of nitrogens with one attached hydrogen (secondary N) is 1. The molecule has 15 heavy (non-hydrogen) atoms. The minimum absolute atomic E-state index is 0.146. The van der Waals surface area contributed by atoms with Gasteiger partial charge in [0.1, 0.15) is 11.6 Å². The van der Waals surface area contributed by atoms with Gasteiger partial charge in [-0.1, -0.05) is 5.11 Å². The highest BCUT2D eigenvalue weighted by atomic mass is 16.6. The van der Waals surface area contributed by atoms with Gasteiger partial charge in [-0.25, -0.2) is 0 Å². The van der Waals surface area contributed by atoms with Crippen LogP contribution >= 0.6 is 0 Å². The molecular weight excluding hydrogens is 196 g/mol. The number of azide groups is 1. The Morgan fingerprint density at radius 2 is 2.27 bits per heavy atom. The number of hydrogen-bond acceptors (Lipinski definition) is 4. The molecule has 0 spiro atoms. The van der Waals surface area contributed by atoms with Crippen molar-refractivity contribution in [3.63, 3.8) is 0 Å². The fourth-order valence-electron chi connectivity index (χ4n) is 1.43. The van der Waals surface area contributed by atoms with Gasteiger partial charge in [0.05, 0.1) is 6.04 Å². The van der Waals surface area contributed by atoms with Crippen LogP contribution in [0.1, 0.15) is 27.2 Å². The van der Waals surface area contributed by atoms with E-state index in [1.807, 2.05) is 20.8 Å². The van der Waals surface area contributed by atoms with Gasteiger partial charge in [-0.2, -0.15) is 0 Å². The molecule has 1 N–H and O–H groups in total. The Morgan fingerprint density at radius 1 is 1.60 bits per heavy atom. The Labute approximate surface area is 88.6 Å². The summed E-state index contributed by atoms with van der Waals surface area (Å²) >= 11 is 0. The number of carbonyl (C=O) groups excluding carboxylic acids is 1. The Hall–Kier alpha value is -1.26. The van der Waals surface area contributed by atoms with Gasteiger partial charge in [0.25, 0.3) is 0 Å². The summed E-state index contributed by atoms with van der Waals surface area (Å²) in [7, 11) is 0. The third kappa shape index (κ3) is 3.77. The van der Waals surface area contributed by atoms with Gasteiger partial charge in [-0.05, 0) is 32.7 Å². The van der Waals surface area contributed by atoms with Crippen LogP contribution in [0.4, 0.5) is 0 Å². The lowest BCUT2D eigenvalue weighted by atomic mass is 10.1. The van der Waals surface area contributed by atoms with Gasteiger partial charge in [-0.3, -0.25) is 4.79 Å². The van der Waals surface area contributed by atoms with Gasteiger partial charge in [-0.15, -0.1) is 0 Å². The minimum Gasteiger partial charge on any atom is -0.459 e. The lowest BCUT2D eigenvalue weighted by molar-refractivity contribution is -0.157. The van der Waals surface area contributed by atoms with Crippen LogP contribution < -0.4 is 5.32 Å². The van der Waals surface area contributed by atoms with Crippen LogP contribution in [-0.2, 0) is 9.53 Å². The number of esters is 1. The highest BCUT2D eigenvalue weighted by Gasteiger charge is 2.31. The first-order valence-corrected chi connectivity index (χ1v) is 4.93. The summed E-state index contributed by atoms with van der Waals surface area (Å²) in [5.41, 5.74) is 7.78. The number of nitrogens with zero attached hydrogens (tertiary/aromatic N) is 3. The average molecular weight is 212 g/mol. The first-order chi connectivity index (χ1) is 6.92. The molecule has 1 aliphatic rings. The van der Waals surface area contributed by atoms with Crippen molar-refractivity contribution in [2.75, 3.05) is 6.54 Å². The zero-order chi connectivity index (χ0) is 11.5. The maximum absolute atomic E-state index is 11.6. The van der Waals surface area contributed by atoms with Gasteiger partial charge in [0.15, 0.2) is 0 Å². The van der Waals surface area contributed by atoms with Crippen LogP contribution in [0.5, 0.6) is 0 Å². The fraction of sp³-hybridized carbons (Fsp3) is 0.889. The molecule has 1 rings (SSSR count). The molecule has 0 aromatic rings. The van der Waals surface area contributed by atoms with E-state index >= 15 is 0 Å². The zero-order valence-corrected chi connectivity index (χ0v) is 9.23. The van der Waals surface area contributed by atoms with Gasteiger partial charge in [0, 0.05) is 11.5 Å². The molecular formula is C9H16N4O2. The summed E-state index contributed by atoms with van der Waals surface area (Å²) in [6.45, 7) is 6.01. The van der Waals surface area contributed by atoms with Gasteiger partial charge < -0.3 is 10.1 Å². The predicted molar refractivity (Wildman–Crippen MR) is 55.2 cm³/mol. The highest BCUT2D eigenvalue weighted by Crippen LogP contribution is 2.15. The number of ether oxygens (including phenoxy) is 1. The molecule has 84 valence electrons. The molecule has 1 fully saturated rings. The standard InChI is InChI=1S/C9H16N4O2/c1-9(2,3)15-8(14)7-4-6(5-11-7)12-13-10/h6-7,11H,4-5H2,1-3H3/t6-,7-/m1/s1. The van der Waals surface area contributed by atoms with Crippen LogP contribution in [0.15, 0.2) is 5.11 Å². The van der Waals surface area contributed by atoms with Crippen molar-refractivity contribution < 1.29 is 9.53 Å². The molecule has 1 saturated heterocycles. The Morgan fingerprint density at radius 3 is 2.80 bits per heavy atom. The first kappa shape index (κ1) is 11.8. The molecule has 1 heterocycles. The van der Waals surface area contributed by atoms with Gasteiger partial charge in [0.2, 0.25) is 0 Å². The van der Waals surface area contributed by atoms with E-state index < -0.39 is 5.60 Å². The molecule has 0 aliphatic carbocycles. The van der Waals surface area contributed by atoms with E-state index in [0.717, 1.165) is 0 Å². The second-order valence-electron chi connectivity index (χ2n) is 4.59. The maximum Gasteiger partial charge on any atom is 0.323 e. The van der Waals surface area contributed by atoms with E-state index in [1.54, 1.807) is 0 Å². The summed E-state index contributed by atoms with van der Waals surface area (Å²) in [6, 6.07) is -0.493. The number of rotatable bonds is 2. The quantitative estimate of drug-likeness (QED) is 0.324. The van der Waals surface area contributed by atoms with Crippen molar-refractivity contribution in [1.29, 1.82) is 0 Å². The van der Waals surface area contributed by atoms with Crippen LogP contribution in [-0.4, -0.2) is 30.2 Å². The molecule has 0 radical (unpaired) electrons. The summed E-state index contributed by atoms with van der Waals surface area (Å²) in [5.74, 6) is -0.280. The van der Waals surface area contributed by atoms with Crippen molar-refractivity contribution >= 4 is 5.97 Å². The van der Waals surface area contributed by atoms with Crippen LogP contribution in [0.2, 0.25) is 0 Å². The first-order valence-electron chi connectivity index (χ1n) is 4.93. The lowest BCUT2D eigenvalue weighted by Crippen LogP contribution is -2.37. The molecule has 0 aromatic heterocycles. The summed E-state index contributed by atoms with van der Waals surface area (Å²) in [4.78, 5) is 14.3. The van der Waals surface area contributed by atoms with Crippen LogP contribution in [0.3, 0.4) is 0 Å². The van der Waals surface area contributed by atoms with E-state index in [0.29, 0.717) is 13.0 Å². The zero-order valence-electron chi connectivity index (χ0n) is 9.23. The lowest BCUT2D eigenvalue weighted by Gasteiger charge is -2.21. The Bertz CT molecular complexity index is 291. The average Bonchev–Trinajstić information content (AvgIpc) is 2.50. The Balaban J connectivity index is 2.47. The molecule has 0 unspecified atom stereocenters. The molecule has 1 aliphatic heterocycles. The van der Waals surface area contributed by atoms with E-state index in [1.165, 1.54) is 0 Å². The number of carbonyl (C=O) groups is 1. The molecule has 0 bridgehead atoms. The molecule has 0 amide bonds. The number of hydrogen-bond donors (Lipinski definition) is 1. The van der Waals surface area contributed by atoms with E-state index in [-0.39, 0.29) is 18.1 Å². The predicted octanol–water partition coefficient (Wildman–Crippen LogP) is 1.37. The van der Waals surface area contributed by atoms with Crippen molar-refractivity contribution in [2.45, 2.75) is 44.9 Å². The fourth-order valence-corrected chi connectivity index (χ4v) is 1.43. The molecule has 0 aromatic carbocycles. The van der Waals surface area contributed by atoms with Crippen molar-refractivity contribution in [2.24, 2.45) is 5.11 Å². The summed E-state index contributed by atoms with van der Waals surface area (Å²) < 4.78 is 5.21. The van der Waals surface area contributed by atoms with Crippen LogP contribution in [0.25, 0.3) is 10.4 Å². The van der Waals surface area contributed by atoms with E-state index in [9.17, 15) is 4.79 Å². The van der Waals surface area contributed by atoms with Crippen LogP contribution in [0, 0.1) is 0 Å². The highest BCUT2D eigenvalue weighted by molar-refractivity contribution is 5.76. The smallest absolute Gasteiger partial charge is 0.323 e. The monoisotopic (exact) mass is 212 g/mol. The topological polar surface area (TPSA) is 87.1 Å². The SMILES string of the molecule is CC(C)(C)OC(=O)[C@H]1C[C@@H](N=[N+]=[N-])CN1. The molecule has 6 heteroatoms.